The van der Waals surface area contributed by atoms with Gasteiger partial charge in [0.05, 0.1) is 10.0 Å². The molecule has 2 nitrogen and oxygen atoms in total. The number of halogens is 2. The predicted molar refractivity (Wildman–Crippen MR) is 60.0 cm³/mol. The Bertz CT molecular complexity index is 304. The van der Waals surface area contributed by atoms with Crippen molar-refractivity contribution < 1.29 is 5.11 Å². The van der Waals surface area contributed by atoms with Gasteiger partial charge in [-0.3, -0.25) is 0 Å². The lowest BCUT2D eigenvalue weighted by Crippen LogP contribution is -2.17. The minimum absolute atomic E-state index is 0.120. The molecule has 0 amide bonds. The van der Waals surface area contributed by atoms with Crippen LogP contribution in [0.15, 0.2) is 18.2 Å². The first-order valence-corrected chi connectivity index (χ1v) is 5.17. The van der Waals surface area contributed by atoms with E-state index in [2.05, 4.69) is 5.32 Å². The number of hydrogen-bond acceptors (Lipinski definition) is 2. The molecule has 0 bridgehead atoms. The molecular weight excluding hydrogens is 221 g/mol. The Balaban J connectivity index is 2.88. The molecule has 1 aromatic carbocycles. The van der Waals surface area contributed by atoms with E-state index in [1.54, 1.807) is 6.07 Å². The number of rotatable bonds is 4. The minimum Gasteiger partial charge on any atom is -0.396 e. The van der Waals surface area contributed by atoms with Crippen LogP contribution in [0.2, 0.25) is 10.0 Å². The molecule has 1 atom stereocenters. The summed E-state index contributed by atoms with van der Waals surface area (Å²) in [6.07, 6.45) is 0.661. The minimum atomic E-state index is 0.120. The highest BCUT2D eigenvalue weighted by Crippen LogP contribution is 2.26. The molecule has 0 saturated heterocycles. The Kier molecular flexibility index (Phi) is 4.69. The van der Waals surface area contributed by atoms with Crippen LogP contribution in [0.5, 0.6) is 0 Å². The van der Waals surface area contributed by atoms with Gasteiger partial charge in [0.25, 0.3) is 0 Å². The van der Waals surface area contributed by atoms with E-state index in [-0.39, 0.29) is 12.6 Å². The molecule has 0 fully saturated rings. The monoisotopic (exact) mass is 233 g/mol. The molecule has 0 aliphatic rings. The van der Waals surface area contributed by atoms with Crippen molar-refractivity contribution in [3.63, 3.8) is 0 Å². The van der Waals surface area contributed by atoms with Crippen LogP contribution in [0.4, 0.5) is 0 Å². The van der Waals surface area contributed by atoms with Gasteiger partial charge in [0.1, 0.15) is 0 Å². The third-order valence-electron chi connectivity index (χ3n) is 2.11. The maximum atomic E-state index is 8.85. The van der Waals surface area contributed by atoms with Gasteiger partial charge in [0.2, 0.25) is 0 Å². The summed E-state index contributed by atoms with van der Waals surface area (Å²) in [4.78, 5) is 0. The number of benzene rings is 1. The Labute approximate surface area is 93.8 Å². The fraction of sp³-hybridized carbons (Fsp3) is 0.400. The van der Waals surface area contributed by atoms with Crippen molar-refractivity contribution in [2.45, 2.75) is 12.5 Å². The van der Waals surface area contributed by atoms with Crippen LogP contribution in [0.1, 0.15) is 18.0 Å². The molecule has 0 saturated carbocycles. The third kappa shape index (κ3) is 2.85. The zero-order valence-corrected chi connectivity index (χ0v) is 9.44. The second-order valence-electron chi connectivity index (χ2n) is 3.03. The van der Waals surface area contributed by atoms with Crippen LogP contribution >= 0.6 is 23.2 Å². The lowest BCUT2D eigenvalue weighted by Gasteiger charge is -2.15. The topological polar surface area (TPSA) is 32.3 Å². The first kappa shape index (κ1) is 11.8. The summed E-state index contributed by atoms with van der Waals surface area (Å²) in [5, 5.41) is 13.1. The molecule has 4 heteroatoms. The van der Waals surface area contributed by atoms with Gasteiger partial charge in [-0.1, -0.05) is 29.3 Å². The number of nitrogens with one attached hydrogen (secondary N) is 1. The highest BCUT2D eigenvalue weighted by molar-refractivity contribution is 6.42. The molecule has 1 rings (SSSR count). The van der Waals surface area contributed by atoms with Gasteiger partial charge in [-0.25, -0.2) is 0 Å². The fourth-order valence-corrected chi connectivity index (χ4v) is 1.64. The van der Waals surface area contributed by atoms with Gasteiger partial charge >= 0.3 is 0 Å². The average molecular weight is 234 g/mol. The van der Waals surface area contributed by atoms with Crippen molar-refractivity contribution in [2.75, 3.05) is 13.7 Å². The van der Waals surface area contributed by atoms with Gasteiger partial charge in [-0.2, -0.15) is 0 Å². The molecule has 78 valence electrons. The van der Waals surface area contributed by atoms with E-state index in [0.717, 1.165) is 5.56 Å². The Morgan fingerprint density at radius 1 is 1.36 bits per heavy atom. The van der Waals surface area contributed by atoms with E-state index >= 15 is 0 Å². The Morgan fingerprint density at radius 2 is 2.07 bits per heavy atom. The molecule has 14 heavy (non-hydrogen) atoms. The third-order valence-corrected chi connectivity index (χ3v) is 2.85. The summed E-state index contributed by atoms with van der Waals surface area (Å²) >= 11 is 11.7. The van der Waals surface area contributed by atoms with Crippen LogP contribution in [-0.4, -0.2) is 18.8 Å². The zero-order chi connectivity index (χ0) is 10.6. The first-order valence-electron chi connectivity index (χ1n) is 4.42. The van der Waals surface area contributed by atoms with Crippen LogP contribution in [0.3, 0.4) is 0 Å². The van der Waals surface area contributed by atoms with Crippen LogP contribution in [0, 0.1) is 0 Å². The fourth-order valence-electron chi connectivity index (χ4n) is 1.34. The van der Waals surface area contributed by atoms with E-state index in [1.165, 1.54) is 0 Å². The maximum Gasteiger partial charge on any atom is 0.0595 e. The lowest BCUT2D eigenvalue weighted by molar-refractivity contribution is 0.269. The van der Waals surface area contributed by atoms with E-state index in [9.17, 15) is 0 Å². The Morgan fingerprint density at radius 3 is 2.57 bits per heavy atom. The molecule has 0 aliphatic heterocycles. The highest BCUT2D eigenvalue weighted by Gasteiger charge is 2.09. The van der Waals surface area contributed by atoms with Gasteiger partial charge in [-0.15, -0.1) is 0 Å². The summed E-state index contributed by atoms with van der Waals surface area (Å²) in [5.74, 6) is 0. The normalized spacial score (nSPS) is 12.9. The van der Waals surface area contributed by atoms with Gasteiger partial charge in [0.15, 0.2) is 0 Å². The molecule has 1 aromatic rings. The molecule has 0 radical (unpaired) electrons. The van der Waals surface area contributed by atoms with Gasteiger partial charge in [-0.05, 0) is 31.2 Å². The van der Waals surface area contributed by atoms with Gasteiger partial charge in [0, 0.05) is 12.6 Å². The first-order chi connectivity index (χ1) is 6.69. The lowest BCUT2D eigenvalue weighted by atomic mass is 10.0. The zero-order valence-electron chi connectivity index (χ0n) is 7.93. The summed E-state index contributed by atoms with van der Waals surface area (Å²) < 4.78 is 0. The van der Waals surface area contributed by atoms with E-state index < -0.39 is 0 Å². The van der Waals surface area contributed by atoms with E-state index in [4.69, 9.17) is 28.3 Å². The molecule has 1 unspecified atom stereocenters. The number of aliphatic hydroxyl groups is 1. The van der Waals surface area contributed by atoms with Crippen molar-refractivity contribution in [1.82, 2.24) is 5.32 Å². The average Bonchev–Trinajstić information content (AvgIpc) is 2.19. The molecular formula is C10H13Cl2NO. The van der Waals surface area contributed by atoms with Crippen LogP contribution < -0.4 is 5.32 Å². The molecule has 0 aliphatic carbocycles. The van der Waals surface area contributed by atoms with Gasteiger partial charge < -0.3 is 10.4 Å². The molecule has 2 N–H and O–H groups in total. The predicted octanol–water partition coefficient (Wildman–Crippen LogP) is 2.64. The van der Waals surface area contributed by atoms with Crippen molar-refractivity contribution in [2.24, 2.45) is 0 Å². The quantitative estimate of drug-likeness (QED) is 0.839. The molecule has 0 aromatic heterocycles. The summed E-state index contributed by atoms with van der Waals surface area (Å²) in [7, 11) is 1.85. The van der Waals surface area contributed by atoms with E-state index in [0.29, 0.717) is 16.5 Å². The standard InChI is InChI=1S/C10H13Cl2NO/c1-13-10(4-5-14)7-2-3-8(11)9(12)6-7/h2-3,6,10,13-14H,4-5H2,1H3. The summed E-state index contributed by atoms with van der Waals surface area (Å²) in [6, 6.07) is 5.61. The number of aliphatic hydroxyl groups excluding tert-OH is 1. The van der Waals surface area contributed by atoms with Crippen molar-refractivity contribution >= 4 is 23.2 Å². The molecule has 0 heterocycles. The SMILES string of the molecule is CNC(CCO)c1ccc(Cl)c(Cl)c1. The van der Waals surface area contributed by atoms with Crippen molar-refractivity contribution in [1.29, 1.82) is 0 Å². The second kappa shape index (κ2) is 5.56. The summed E-state index contributed by atoms with van der Waals surface area (Å²) in [5.41, 5.74) is 1.04. The van der Waals surface area contributed by atoms with E-state index in [1.807, 2.05) is 19.2 Å². The van der Waals surface area contributed by atoms with Crippen molar-refractivity contribution in [3.05, 3.63) is 33.8 Å². The maximum absolute atomic E-state index is 8.85. The largest absolute Gasteiger partial charge is 0.396 e. The summed E-state index contributed by atoms with van der Waals surface area (Å²) in [6.45, 7) is 0.145. The second-order valence-corrected chi connectivity index (χ2v) is 3.84. The van der Waals surface area contributed by atoms with Crippen LogP contribution in [-0.2, 0) is 0 Å². The van der Waals surface area contributed by atoms with Crippen molar-refractivity contribution in [3.8, 4) is 0 Å². The smallest absolute Gasteiger partial charge is 0.0595 e. The number of hydrogen-bond donors (Lipinski definition) is 2. The highest BCUT2D eigenvalue weighted by atomic mass is 35.5. The molecule has 0 spiro atoms. The Hall–Kier alpha value is -0.280. The van der Waals surface area contributed by atoms with Crippen LogP contribution in [0.25, 0.3) is 0 Å².